The van der Waals surface area contributed by atoms with Crippen molar-refractivity contribution < 1.29 is 19.1 Å². The molecule has 0 amide bonds. The summed E-state index contributed by atoms with van der Waals surface area (Å²) in [6.45, 7) is 6.70. The van der Waals surface area contributed by atoms with Gasteiger partial charge in [0.1, 0.15) is 11.6 Å². The maximum Gasteiger partial charge on any atom is 0.333 e. The van der Waals surface area contributed by atoms with Crippen molar-refractivity contribution in [1.29, 1.82) is 0 Å². The van der Waals surface area contributed by atoms with Crippen LogP contribution >= 0.6 is 0 Å². The van der Waals surface area contributed by atoms with Gasteiger partial charge in [-0.05, 0) is 32.8 Å². The number of benzene rings is 1. The first-order valence-corrected chi connectivity index (χ1v) is 7.85. The Kier molecular flexibility index (Phi) is 7.39. The third kappa shape index (κ3) is 5.16. The number of rotatable bonds is 8. The number of carbonyl (C=O) groups is 3. The molecule has 1 atom stereocenters. The Morgan fingerprint density at radius 1 is 1.04 bits per heavy atom. The zero-order valence-electron chi connectivity index (χ0n) is 14.2. The number of carbonyl (C=O) groups excluding carboxylic acids is 3. The summed E-state index contributed by atoms with van der Waals surface area (Å²) in [6.07, 6.45) is 2.19. The maximum absolute atomic E-state index is 12.0. The van der Waals surface area contributed by atoms with Gasteiger partial charge in [-0.25, -0.2) is 4.79 Å². The Balaban J connectivity index is 3.36. The minimum Gasteiger partial charge on any atom is -0.463 e. The van der Waals surface area contributed by atoms with Crippen LogP contribution in [0.4, 0.5) is 0 Å². The largest absolute Gasteiger partial charge is 0.463 e. The van der Waals surface area contributed by atoms with Crippen molar-refractivity contribution in [2.75, 3.05) is 6.61 Å². The van der Waals surface area contributed by atoms with E-state index in [1.807, 2.05) is 37.3 Å². The molecule has 0 aliphatic carbocycles. The van der Waals surface area contributed by atoms with E-state index in [0.717, 1.165) is 5.56 Å². The van der Waals surface area contributed by atoms with Gasteiger partial charge < -0.3 is 4.74 Å². The van der Waals surface area contributed by atoms with Crippen molar-refractivity contribution in [3.8, 4) is 0 Å². The van der Waals surface area contributed by atoms with E-state index in [0.29, 0.717) is 12.0 Å². The summed E-state index contributed by atoms with van der Waals surface area (Å²) in [5.41, 5.74) is 1.31. The van der Waals surface area contributed by atoms with Crippen LogP contribution in [0.5, 0.6) is 0 Å². The van der Waals surface area contributed by atoms with Crippen LogP contribution in [0.25, 0.3) is 0 Å². The molecule has 0 saturated carbocycles. The summed E-state index contributed by atoms with van der Waals surface area (Å²) < 4.78 is 5.06. The van der Waals surface area contributed by atoms with Crippen molar-refractivity contribution in [3.63, 3.8) is 0 Å². The Morgan fingerprint density at radius 3 is 2.04 bits per heavy atom. The minimum absolute atomic E-state index is 0.207. The number of esters is 1. The molecule has 0 aromatic heterocycles. The molecule has 0 fully saturated rings. The van der Waals surface area contributed by atoms with E-state index in [4.69, 9.17) is 4.74 Å². The number of hydrogen-bond donors (Lipinski definition) is 0. The second kappa shape index (κ2) is 9.03. The smallest absolute Gasteiger partial charge is 0.333 e. The Bertz CT molecular complexity index is 573. The van der Waals surface area contributed by atoms with Crippen LogP contribution < -0.4 is 0 Å². The summed E-state index contributed by atoms with van der Waals surface area (Å²) in [7, 11) is 0. The van der Waals surface area contributed by atoms with Crippen LogP contribution in [0.1, 0.15) is 45.6 Å². The van der Waals surface area contributed by atoms with Crippen molar-refractivity contribution in [2.24, 2.45) is 5.92 Å². The van der Waals surface area contributed by atoms with Crippen molar-refractivity contribution >= 4 is 17.5 Å². The molecule has 0 aliphatic rings. The highest BCUT2D eigenvalue weighted by molar-refractivity contribution is 6.01. The van der Waals surface area contributed by atoms with Gasteiger partial charge in [-0.3, -0.25) is 9.59 Å². The summed E-state index contributed by atoms with van der Waals surface area (Å²) in [6, 6.07) is 9.29. The molecule has 4 nitrogen and oxygen atoms in total. The SMILES string of the molecule is CCOC(=O)/C(=C/C(c1ccccc1)C(C(C)=O)C(C)=O)CC. The van der Waals surface area contributed by atoms with Crippen molar-refractivity contribution in [2.45, 2.75) is 40.0 Å². The predicted octanol–water partition coefficient (Wildman–Crippen LogP) is 3.46. The molecule has 0 N–H and O–H groups in total. The molecule has 0 bridgehead atoms. The molecular formula is C19H24O4. The fourth-order valence-electron chi connectivity index (χ4n) is 2.62. The normalized spacial score (nSPS) is 12.8. The molecule has 1 rings (SSSR count). The van der Waals surface area contributed by atoms with Gasteiger partial charge in [0.15, 0.2) is 0 Å². The molecule has 0 spiro atoms. The first kappa shape index (κ1) is 18.8. The van der Waals surface area contributed by atoms with Crippen LogP contribution in [-0.4, -0.2) is 24.1 Å². The van der Waals surface area contributed by atoms with Crippen LogP contribution in [0.2, 0.25) is 0 Å². The highest BCUT2D eigenvalue weighted by Crippen LogP contribution is 2.30. The fraction of sp³-hybridized carbons (Fsp3) is 0.421. The lowest BCUT2D eigenvalue weighted by Crippen LogP contribution is -2.26. The van der Waals surface area contributed by atoms with Gasteiger partial charge in [0.25, 0.3) is 0 Å². The fourth-order valence-corrected chi connectivity index (χ4v) is 2.62. The Labute approximate surface area is 137 Å². The van der Waals surface area contributed by atoms with Gasteiger partial charge >= 0.3 is 5.97 Å². The number of ketones is 2. The zero-order valence-corrected chi connectivity index (χ0v) is 14.2. The maximum atomic E-state index is 12.0. The summed E-state index contributed by atoms with van der Waals surface area (Å²) in [5, 5.41) is 0. The molecule has 1 unspecified atom stereocenters. The summed E-state index contributed by atoms with van der Waals surface area (Å²) >= 11 is 0. The lowest BCUT2D eigenvalue weighted by Gasteiger charge is -2.22. The molecular weight excluding hydrogens is 292 g/mol. The minimum atomic E-state index is -0.798. The molecule has 0 aliphatic heterocycles. The Hall–Kier alpha value is -2.23. The van der Waals surface area contributed by atoms with Gasteiger partial charge in [-0.15, -0.1) is 0 Å². The lowest BCUT2D eigenvalue weighted by atomic mass is 9.80. The van der Waals surface area contributed by atoms with Gasteiger partial charge in [-0.2, -0.15) is 0 Å². The first-order chi connectivity index (χ1) is 10.9. The van der Waals surface area contributed by atoms with Gasteiger partial charge in [0.05, 0.1) is 12.5 Å². The van der Waals surface area contributed by atoms with Gasteiger partial charge in [-0.1, -0.05) is 43.3 Å². The van der Waals surface area contributed by atoms with E-state index < -0.39 is 17.8 Å². The number of allylic oxidation sites excluding steroid dienone is 1. The van der Waals surface area contributed by atoms with Crippen LogP contribution in [0.3, 0.4) is 0 Å². The Morgan fingerprint density at radius 2 is 1.61 bits per heavy atom. The molecule has 23 heavy (non-hydrogen) atoms. The third-order valence-electron chi connectivity index (χ3n) is 3.72. The zero-order chi connectivity index (χ0) is 17.4. The molecule has 1 aromatic rings. The van der Waals surface area contributed by atoms with E-state index in [1.165, 1.54) is 13.8 Å². The highest BCUT2D eigenvalue weighted by Gasteiger charge is 2.30. The van der Waals surface area contributed by atoms with Crippen LogP contribution in [0.15, 0.2) is 42.0 Å². The van der Waals surface area contributed by atoms with E-state index in [-0.39, 0.29) is 18.2 Å². The topological polar surface area (TPSA) is 60.4 Å². The van der Waals surface area contributed by atoms with Crippen molar-refractivity contribution in [1.82, 2.24) is 0 Å². The van der Waals surface area contributed by atoms with Gasteiger partial charge in [0.2, 0.25) is 0 Å². The second-order valence-electron chi connectivity index (χ2n) is 5.40. The predicted molar refractivity (Wildman–Crippen MR) is 89.0 cm³/mol. The van der Waals surface area contributed by atoms with Crippen LogP contribution in [0, 0.1) is 5.92 Å². The molecule has 0 radical (unpaired) electrons. The summed E-state index contributed by atoms with van der Waals surface area (Å²) in [5.74, 6) is -2.08. The monoisotopic (exact) mass is 316 g/mol. The second-order valence-corrected chi connectivity index (χ2v) is 5.40. The standard InChI is InChI=1S/C19H24O4/c1-5-15(19(22)23-6-2)12-17(16-10-8-7-9-11-16)18(13(3)20)14(4)21/h7-12,17-18H,5-6H2,1-4H3/b15-12+. The number of ether oxygens (including phenoxy) is 1. The van der Waals surface area contributed by atoms with E-state index in [9.17, 15) is 14.4 Å². The first-order valence-electron chi connectivity index (χ1n) is 7.85. The lowest BCUT2D eigenvalue weighted by molar-refractivity contribution is -0.139. The van der Waals surface area contributed by atoms with Crippen LogP contribution in [-0.2, 0) is 19.1 Å². The molecule has 1 aromatic carbocycles. The molecule has 0 saturated heterocycles. The summed E-state index contributed by atoms with van der Waals surface area (Å²) in [4.78, 5) is 36.0. The third-order valence-corrected chi connectivity index (χ3v) is 3.72. The highest BCUT2D eigenvalue weighted by atomic mass is 16.5. The van der Waals surface area contributed by atoms with E-state index in [1.54, 1.807) is 13.0 Å². The molecule has 4 heteroatoms. The molecule has 124 valence electrons. The van der Waals surface area contributed by atoms with Crippen molar-refractivity contribution in [3.05, 3.63) is 47.5 Å². The van der Waals surface area contributed by atoms with Gasteiger partial charge in [0, 0.05) is 11.5 Å². The molecule has 0 heterocycles. The van der Waals surface area contributed by atoms with E-state index >= 15 is 0 Å². The van der Waals surface area contributed by atoms with E-state index in [2.05, 4.69) is 0 Å². The number of Topliss-reactive ketones (excluding diaryl/α,β-unsaturated/α-hetero) is 2. The average Bonchev–Trinajstić information content (AvgIpc) is 2.51. The average molecular weight is 316 g/mol. The quantitative estimate of drug-likeness (QED) is 0.418. The number of hydrogen-bond acceptors (Lipinski definition) is 4.